The lowest BCUT2D eigenvalue weighted by atomic mass is 10.2. The Morgan fingerprint density at radius 1 is 1.50 bits per heavy atom. The second-order valence-electron chi connectivity index (χ2n) is 5.39. The number of hydrogen-bond donors (Lipinski definition) is 1. The molecule has 0 saturated heterocycles. The van der Waals surface area contributed by atoms with Gasteiger partial charge in [-0.2, -0.15) is 0 Å². The molecule has 1 aliphatic rings. The molecule has 0 aliphatic heterocycles. The highest BCUT2D eigenvalue weighted by Gasteiger charge is 2.30. The lowest BCUT2D eigenvalue weighted by Crippen LogP contribution is -2.31. The number of nitrogens with zero attached hydrogens (tertiary/aromatic N) is 2. The summed E-state index contributed by atoms with van der Waals surface area (Å²) in [5.41, 5.74) is 1.32. The molecule has 0 amide bonds. The maximum absolute atomic E-state index is 4.50. The third kappa shape index (κ3) is 3.45. The number of hydrogen-bond acceptors (Lipinski definition) is 3. The van der Waals surface area contributed by atoms with Crippen molar-refractivity contribution in [3.8, 4) is 0 Å². The lowest BCUT2D eigenvalue weighted by molar-refractivity contribution is 0.603. The molecule has 0 spiro atoms. The van der Waals surface area contributed by atoms with Crippen molar-refractivity contribution in [3.05, 3.63) is 23.9 Å². The molecule has 1 atom stereocenters. The summed E-state index contributed by atoms with van der Waals surface area (Å²) in [6.45, 7) is 6.51. The van der Waals surface area contributed by atoms with E-state index in [9.17, 15) is 0 Å². The van der Waals surface area contributed by atoms with Crippen LogP contribution in [0.15, 0.2) is 18.3 Å². The van der Waals surface area contributed by atoms with Crippen LogP contribution in [0.2, 0.25) is 0 Å². The van der Waals surface area contributed by atoms with Crippen molar-refractivity contribution in [2.75, 3.05) is 18.5 Å². The molecule has 1 fully saturated rings. The molecule has 100 valence electrons. The Morgan fingerprint density at radius 2 is 2.28 bits per heavy atom. The zero-order chi connectivity index (χ0) is 13.0. The van der Waals surface area contributed by atoms with Gasteiger partial charge in [0.15, 0.2) is 0 Å². The first-order valence-corrected chi connectivity index (χ1v) is 7.11. The molecule has 1 N–H and O–H groups in total. The zero-order valence-corrected chi connectivity index (χ0v) is 11.8. The summed E-state index contributed by atoms with van der Waals surface area (Å²) in [6.07, 6.45) is 5.86. The maximum Gasteiger partial charge on any atom is 0.128 e. The first kappa shape index (κ1) is 13.3. The van der Waals surface area contributed by atoms with Crippen LogP contribution < -0.4 is 10.2 Å². The summed E-state index contributed by atoms with van der Waals surface area (Å²) in [4.78, 5) is 6.82. The van der Waals surface area contributed by atoms with E-state index in [0.29, 0.717) is 6.04 Å². The number of rotatable bonds is 7. The third-order valence-corrected chi connectivity index (χ3v) is 3.84. The van der Waals surface area contributed by atoms with Crippen LogP contribution in [0.5, 0.6) is 0 Å². The van der Waals surface area contributed by atoms with E-state index in [-0.39, 0.29) is 0 Å². The van der Waals surface area contributed by atoms with E-state index in [4.69, 9.17) is 0 Å². The van der Waals surface area contributed by atoms with Crippen LogP contribution in [0.4, 0.5) is 5.82 Å². The predicted molar refractivity (Wildman–Crippen MR) is 76.8 cm³/mol. The molecule has 1 saturated carbocycles. The largest absolute Gasteiger partial charge is 0.357 e. The minimum atomic E-state index is 0.608. The van der Waals surface area contributed by atoms with Gasteiger partial charge in [0.1, 0.15) is 5.82 Å². The van der Waals surface area contributed by atoms with Crippen molar-refractivity contribution in [1.82, 2.24) is 10.3 Å². The van der Waals surface area contributed by atoms with Crippen molar-refractivity contribution < 1.29 is 0 Å². The minimum absolute atomic E-state index is 0.608. The zero-order valence-electron chi connectivity index (χ0n) is 11.8. The fraction of sp³-hybridized carbons (Fsp3) is 0.667. The number of anilines is 1. The van der Waals surface area contributed by atoms with Gasteiger partial charge in [-0.25, -0.2) is 4.98 Å². The number of aromatic nitrogens is 1. The topological polar surface area (TPSA) is 28.2 Å². The average Bonchev–Trinajstić information content (AvgIpc) is 3.22. The molecule has 0 bridgehead atoms. The van der Waals surface area contributed by atoms with Crippen molar-refractivity contribution in [3.63, 3.8) is 0 Å². The van der Waals surface area contributed by atoms with Gasteiger partial charge in [0.25, 0.3) is 0 Å². The lowest BCUT2D eigenvalue weighted by Gasteiger charge is -2.26. The van der Waals surface area contributed by atoms with E-state index in [2.05, 4.69) is 48.2 Å². The highest BCUT2D eigenvalue weighted by molar-refractivity contribution is 5.41. The van der Waals surface area contributed by atoms with Gasteiger partial charge in [0.05, 0.1) is 0 Å². The molecule has 3 nitrogen and oxygen atoms in total. The molecule has 0 aromatic carbocycles. The first-order chi connectivity index (χ1) is 8.72. The van der Waals surface area contributed by atoms with Gasteiger partial charge in [-0.1, -0.05) is 6.92 Å². The van der Waals surface area contributed by atoms with Crippen molar-refractivity contribution in [2.24, 2.45) is 5.92 Å². The van der Waals surface area contributed by atoms with Crippen LogP contribution in [0, 0.1) is 5.92 Å². The van der Waals surface area contributed by atoms with Crippen molar-refractivity contribution in [2.45, 2.75) is 45.7 Å². The van der Waals surface area contributed by atoms with E-state index < -0.39 is 0 Å². The highest BCUT2D eigenvalue weighted by atomic mass is 15.2. The van der Waals surface area contributed by atoms with Crippen LogP contribution in [-0.4, -0.2) is 24.6 Å². The van der Waals surface area contributed by atoms with Crippen molar-refractivity contribution in [1.29, 1.82) is 0 Å². The molecule has 1 aromatic heterocycles. The summed E-state index contributed by atoms with van der Waals surface area (Å²) >= 11 is 0. The second kappa shape index (κ2) is 6.19. The van der Waals surface area contributed by atoms with E-state index in [1.807, 2.05) is 6.20 Å². The summed E-state index contributed by atoms with van der Waals surface area (Å²) < 4.78 is 0. The Bertz CT molecular complexity index is 374. The van der Waals surface area contributed by atoms with Gasteiger partial charge in [0.2, 0.25) is 0 Å². The smallest absolute Gasteiger partial charge is 0.128 e. The van der Waals surface area contributed by atoms with Gasteiger partial charge in [0, 0.05) is 25.8 Å². The van der Waals surface area contributed by atoms with Gasteiger partial charge in [-0.3, -0.25) is 0 Å². The minimum Gasteiger partial charge on any atom is -0.357 e. The van der Waals surface area contributed by atoms with Crippen LogP contribution in [0.25, 0.3) is 0 Å². The fourth-order valence-corrected chi connectivity index (χ4v) is 2.28. The molecular formula is C15H25N3. The Labute approximate surface area is 111 Å². The summed E-state index contributed by atoms with van der Waals surface area (Å²) in [5, 5.41) is 3.44. The molecule has 1 aliphatic carbocycles. The molecule has 2 rings (SSSR count). The SMILES string of the molecule is CCCNCc1ccnc(N(C)C(C)C2CC2)c1. The van der Waals surface area contributed by atoms with Gasteiger partial charge >= 0.3 is 0 Å². The second-order valence-corrected chi connectivity index (χ2v) is 5.39. The predicted octanol–water partition coefficient (Wildman–Crippen LogP) is 2.82. The Hall–Kier alpha value is -1.09. The standard InChI is InChI=1S/C15H25N3/c1-4-8-16-11-13-7-9-17-15(10-13)18(3)12(2)14-5-6-14/h7,9-10,12,14,16H,4-6,8,11H2,1-3H3. The van der Waals surface area contributed by atoms with Gasteiger partial charge in [-0.15, -0.1) is 0 Å². The highest BCUT2D eigenvalue weighted by Crippen LogP contribution is 2.35. The van der Waals surface area contributed by atoms with Crippen LogP contribution in [-0.2, 0) is 6.54 Å². The first-order valence-electron chi connectivity index (χ1n) is 7.11. The van der Waals surface area contributed by atoms with Crippen molar-refractivity contribution >= 4 is 5.82 Å². The number of pyridine rings is 1. The third-order valence-electron chi connectivity index (χ3n) is 3.84. The van der Waals surface area contributed by atoms with E-state index in [0.717, 1.165) is 24.8 Å². The van der Waals surface area contributed by atoms with Gasteiger partial charge < -0.3 is 10.2 Å². The van der Waals surface area contributed by atoms with E-state index in [1.54, 1.807) is 0 Å². The summed E-state index contributed by atoms with van der Waals surface area (Å²) in [6, 6.07) is 4.92. The van der Waals surface area contributed by atoms with Crippen LogP contribution in [0.1, 0.15) is 38.7 Å². The molecule has 18 heavy (non-hydrogen) atoms. The molecule has 1 heterocycles. The quantitative estimate of drug-likeness (QED) is 0.751. The fourth-order valence-electron chi connectivity index (χ4n) is 2.28. The monoisotopic (exact) mass is 247 g/mol. The Kier molecular flexibility index (Phi) is 4.59. The molecule has 0 radical (unpaired) electrons. The maximum atomic E-state index is 4.50. The molecule has 1 unspecified atom stereocenters. The average molecular weight is 247 g/mol. The molecule has 3 heteroatoms. The van der Waals surface area contributed by atoms with E-state index in [1.165, 1.54) is 24.8 Å². The molecule has 1 aromatic rings. The number of nitrogens with one attached hydrogen (secondary N) is 1. The van der Waals surface area contributed by atoms with Crippen LogP contribution in [0.3, 0.4) is 0 Å². The Morgan fingerprint density at radius 3 is 2.94 bits per heavy atom. The molecular weight excluding hydrogens is 222 g/mol. The van der Waals surface area contributed by atoms with E-state index >= 15 is 0 Å². The normalized spacial score (nSPS) is 16.6. The summed E-state index contributed by atoms with van der Waals surface area (Å²) in [5.74, 6) is 1.98. The summed E-state index contributed by atoms with van der Waals surface area (Å²) in [7, 11) is 2.16. The Balaban J connectivity index is 1.96. The van der Waals surface area contributed by atoms with Gasteiger partial charge in [-0.05, 0) is 56.3 Å². The van der Waals surface area contributed by atoms with Crippen LogP contribution >= 0.6 is 0 Å².